The van der Waals surface area contributed by atoms with Gasteiger partial charge in [-0.25, -0.2) is 0 Å². The third kappa shape index (κ3) is 1.47. The second kappa shape index (κ2) is 2.90. The molecule has 5 nitrogen and oxygen atoms in total. The molecule has 2 rings (SSSR count). The topological polar surface area (TPSA) is 68.2 Å². The van der Waals surface area contributed by atoms with Crippen LogP contribution in [-0.2, 0) is 14.2 Å². The fourth-order valence-electron chi connectivity index (χ4n) is 1.81. The molecule has 0 unspecified atom stereocenters. The summed E-state index contributed by atoms with van der Waals surface area (Å²) in [7, 11) is 0. The van der Waals surface area contributed by atoms with Crippen LogP contribution in [0.1, 0.15) is 13.8 Å². The fraction of sp³-hybridized carbons (Fsp3) is 1.00. The Morgan fingerprint density at radius 2 is 1.85 bits per heavy atom. The second-order valence-corrected chi connectivity index (χ2v) is 3.81. The summed E-state index contributed by atoms with van der Waals surface area (Å²) in [4.78, 5) is 0. The fourth-order valence-corrected chi connectivity index (χ4v) is 1.81. The first kappa shape index (κ1) is 9.36. The van der Waals surface area contributed by atoms with Crippen molar-refractivity contribution in [2.24, 2.45) is 0 Å². The Bertz CT molecular complexity index is 205. The molecule has 2 aliphatic heterocycles. The maximum atomic E-state index is 9.39. The second-order valence-electron chi connectivity index (χ2n) is 3.81. The first-order valence-corrected chi connectivity index (χ1v) is 4.33. The van der Waals surface area contributed by atoms with Gasteiger partial charge in [0.1, 0.15) is 18.3 Å². The normalized spacial score (nSPS) is 48.0. The lowest BCUT2D eigenvalue weighted by Gasteiger charge is -2.21. The molecule has 0 aromatic carbocycles. The minimum Gasteiger partial charge on any atom is -0.394 e. The van der Waals surface area contributed by atoms with Gasteiger partial charge in [-0.1, -0.05) is 0 Å². The van der Waals surface area contributed by atoms with E-state index < -0.39 is 24.3 Å². The van der Waals surface area contributed by atoms with Crippen LogP contribution in [0.2, 0.25) is 0 Å². The van der Waals surface area contributed by atoms with Crippen LogP contribution in [0.15, 0.2) is 0 Å². The lowest BCUT2D eigenvalue weighted by Crippen LogP contribution is -2.31. The molecule has 0 saturated carbocycles. The first-order valence-electron chi connectivity index (χ1n) is 4.33. The minimum atomic E-state index is -0.996. The molecule has 2 N–H and O–H groups in total. The Morgan fingerprint density at radius 3 is 2.46 bits per heavy atom. The van der Waals surface area contributed by atoms with Gasteiger partial charge >= 0.3 is 0 Å². The highest BCUT2D eigenvalue weighted by molar-refractivity contribution is 4.94. The zero-order chi connectivity index (χ0) is 9.64. The quantitative estimate of drug-likeness (QED) is 0.567. The van der Waals surface area contributed by atoms with Crippen molar-refractivity contribution in [1.82, 2.24) is 0 Å². The maximum absolute atomic E-state index is 9.39. The van der Waals surface area contributed by atoms with E-state index in [1.807, 2.05) is 0 Å². The van der Waals surface area contributed by atoms with Crippen LogP contribution >= 0.6 is 0 Å². The Morgan fingerprint density at radius 1 is 1.23 bits per heavy atom. The molecule has 0 bridgehead atoms. The molecule has 0 aliphatic carbocycles. The van der Waals surface area contributed by atoms with Crippen molar-refractivity contribution in [1.29, 1.82) is 0 Å². The molecule has 0 aromatic heterocycles. The highest BCUT2D eigenvalue weighted by Crippen LogP contribution is 2.37. The van der Waals surface area contributed by atoms with Gasteiger partial charge in [0.2, 0.25) is 0 Å². The molecule has 0 amide bonds. The monoisotopic (exact) mass is 190 g/mol. The molecule has 76 valence electrons. The number of hydrogen-bond acceptors (Lipinski definition) is 5. The summed E-state index contributed by atoms with van der Waals surface area (Å²) in [5.41, 5.74) is 0. The molecule has 0 aromatic rings. The van der Waals surface area contributed by atoms with Crippen molar-refractivity contribution < 1.29 is 24.4 Å². The van der Waals surface area contributed by atoms with E-state index >= 15 is 0 Å². The highest BCUT2D eigenvalue weighted by Gasteiger charge is 2.54. The van der Waals surface area contributed by atoms with Crippen LogP contribution in [0.4, 0.5) is 0 Å². The highest BCUT2D eigenvalue weighted by atomic mass is 16.8. The van der Waals surface area contributed by atoms with Gasteiger partial charge in [0.05, 0.1) is 6.61 Å². The molecule has 2 saturated heterocycles. The maximum Gasteiger partial charge on any atom is 0.184 e. The number of fused-ring (bicyclic) bond motifs is 1. The molecule has 5 heteroatoms. The van der Waals surface area contributed by atoms with E-state index in [-0.39, 0.29) is 12.7 Å². The average molecular weight is 190 g/mol. The predicted molar refractivity (Wildman–Crippen MR) is 41.8 cm³/mol. The SMILES string of the molecule is CC1(C)O[C@@H]2[C@H](O1)[C@H](CO)O[C@H]2O. The van der Waals surface area contributed by atoms with Crippen LogP contribution in [0.25, 0.3) is 0 Å². The molecule has 13 heavy (non-hydrogen) atoms. The minimum absolute atomic E-state index is 0.169. The Balaban J connectivity index is 2.12. The molecule has 0 spiro atoms. The third-order valence-electron chi connectivity index (χ3n) is 2.31. The summed E-state index contributed by atoms with van der Waals surface area (Å²) in [5, 5.41) is 18.3. The molecule has 2 fully saturated rings. The van der Waals surface area contributed by atoms with Gasteiger partial charge in [0, 0.05) is 0 Å². The molecular weight excluding hydrogens is 176 g/mol. The van der Waals surface area contributed by atoms with Crippen LogP contribution in [-0.4, -0.2) is 47.2 Å². The van der Waals surface area contributed by atoms with Crippen LogP contribution in [0, 0.1) is 0 Å². The zero-order valence-electron chi connectivity index (χ0n) is 7.64. The molecular formula is C8H14O5. The van der Waals surface area contributed by atoms with E-state index in [4.69, 9.17) is 19.3 Å². The average Bonchev–Trinajstić information content (AvgIpc) is 2.47. The van der Waals surface area contributed by atoms with Crippen LogP contribution < -0.4 is 0 Å². The smallest absolute Gasteiger partial charge is 0.184 e. The summed E-state index contributed by atoms with van der Waals surface area (Å²) in [6, 6.07) is 0. The third-order valence-corrected chi connectivity index (χ3v) is 2.31. The number of ether oxygens (including phenoxy) is 3. The van der Waals surface area contributed by atoms with Crippen molar-refractivity contribution in [3.05, 3.63) is 0 Å². The number of rotatable bonds is 1. The molecule has 0 radical (unpaired) electrons. The lowest BCUT2D eigenvalue weighted by molar-refractivity contribution is -0.223. The van der Waals surface area contributed by atoms with Gasteiger partial charge in [-0.05, 0) is 13.8 Å². The Kier molecular flexibility index (Phi) is 2.08. The number of aliphatic hydroxyl groups excluding tert-OH is 2. The van der Waals surface area contributed by atoms with Gasteiger partial charge in [0.15, 0.2) is 12.1 Å². The first-order chi connectivity index (χ1) is 6.03. The van der Waals surface area contributed by atoms with Crippen LogP contribution in [0.3, 0.4) is 0 Å². The van der Waals surface area contributed by atoms with E-state index in [2.05, 4.69) is 0 Å². The lowest BCUT2D eigenvalue weighted by atomic mass is 10.1. The van der Waals surface area contributed by atoms with Gasteiger partial charge in [0.25, 0.3) is 0 Å². The molecule has 4 atom stereocenters. The van der Waals surface area contributed by atoms with E-state index in [1.165, 1.54) is 0 Å². The van der Waals surface area contributed by atoms with Gasteiger partial charge in [-0.3, -0.25) is 0 Å². The number of hydrogen-bond donors (Lipinski definition) is 2. The van der Waals surface area contributed by atoms with Crippen LogP contribution in [0.5, 0.6) is 0 Å². The van der Waals surface area contributed by atoms with Crippen molar-refractivity contribution in [3.8, 4) is 0 Å². The van der Waals surface area contributed by atoms with Crippen molar-refractivity contribution in [2.45, 2.75) is 44.2 Å². The predicted octanol–water partition coefficient (Wildman–Crippen LogP) is -0.784. The van der Waals surface area contributed by atoms with Gasteiger partial charge in [-0.2, -0.15) is 0 Å². The molecule has 2 heterocycles. The summed E-state index contributed by atoms with van der Waals surface area (Å²) < 4.78 is 15.9. The standard InChI is InChI=1S/C8H14O5/c1-8(2)12-5-4(3-9)11-7(10)6(5)13-8/h4-7,9-10H,3H2,1-2H3/t4-,5+,6+,7+/m0/s1. The van der Waals surface area contributed by atoms with Crippen molar-refractivity contribution in [3.63, 3.8) is 0 Å². The largest absolute Gasteiger partial charge is 0.394 e. The van der Waals surface area contributed by atoms with E-state index in [0.29, 0.717) is 0 Å². The summed E-state index contributed by atoms with van der Waals surface area (Å²) in [5.74, 6) is -0.701. The van der Waals surface area contributed by atoms with E-state index in [9.17, 15) is 5.11 Å². The Labute approximate surface area is 76.2 Å². The number of aliphatic hydroxyl groups is 2. The van der Waals surface area contributed by atoms with E-state index in [1.54, 1.807) is 13.8 Å². The summed E-state index contributed by atoms with van der Waals surface area (Å²) in [6.07, 6.45) is -2.33. The Hall–Kier alpha value is -0.200. The zero-order valence-corrected chi connectivity index (χ0v) is 7.64. The van der Waals surface area contributed by atoms with Crippen molar-refractivity contribution in [2.75, 3.05) is 6.61 Å². The van der Waals surface area contributed by atoms with Crippen molar-refractivity contribution >= 4 is 0 Å². The van der Waals surface area contributed by atoms with Gasteiger partial charge in [-0.15, -0.1) is 0 Å². The van der Waals surface area contributed by atoms with Gasteiger partial charge < -0.3 is 24.4 Å². The van der Waals surface area contributed by atoms with E-state index in [0.717, 1.165) is 0 Å². The molecule has 2 aliphatic rings. The summed E-state index contributed by atoms with van der Waals surface area (Å²) in [6.45, 7) is 3.37. The summed E-state index contributed by atoms with van der Waals surface area (Å²) >= 11 is 0.